The summed E-state index contributed by atoms with van der Waals surface area (Å²) in [5, 5.41) is 38.0. The topological polar surface area (TPSA) is 423 Å². The molecule has 0 unspecified atom stereocenters. The molecule has 1 heterocycles. The average Bonchev–Trinajstić information content (AvgIpc) is 2.81. The number of nitro groups is 3. The molecular formula is C9H16N6O23S4. The number of para-hydroxylation sites is 1. The Hall–Kier alpha value is -3.74. The fraction of sp³-hybridized carbons (Fsp3) is 0.333. The van der Waals surface area contributed by atoms with E-state index in [0.29, 0.717) is 5.75 Å². The Balaban J connectivity index is 0. The lowest BCUT2D eigenvalue weighted by atomic mass is 10.3. The van der Waals surface area contributed by atoms with Crippen molar-refractivity contribution in [3.8, 4) is 5.75 Å². The summed E-state index contributed by atoms with van der Waals surface area (Å²) < 4.78 is 118. The van der Waals surface area contributed by atoms with Crippen LogP contribution in [0.5, 0.6) is 5.75 Å². The van der Waals surface area contributed by atoms with Crippen molar-refractivity contribution in [3.05, 3.63) is 60.7 Å². The molecule has 0 saturated carbocycles. The van der Waals surface area contributed by atoms with E-state index >= 15 is 0 Å². The maximum atomic E-state index is 10.4. The quantitative estimate of drug-likeness (QED) is 0.0629. The number of hydrazine groups is 4. The van der Waals surface area contributed by atoms with Crippen LogP contribution in [0.25, 0.3) is 0 Å². The molecule has 6 N–H and O–H groups in total. The number of phenols is 1. The molecule has 0 aliphatic carbocycles. The number of hydrogen-bond acceptors (Lipinski definition) is 20. The van der Waals surface area contributed by atoms with E-state index in [0.717, 1.165) is 0 Å². The lowest BCUT2D eigenvalue weighted by Gasteiger charge is -2.25. The van der Waals surface area contributed by atoms with E-state index in [1.807, 2.05) is 6.07 Å². The van der Waals surface area contributed by atoms with Gasteiger partial charge in [0.05, 0.1) is 0 Å². The van der Waals surface area contributed by atoms with E-state index in [1.54, 1.807) is 29.8 Å². The highest BCUT2D eigenvalue weighted by Crippen LogP contribution is 2.05. The van der Waals surface area contributed by atoms with Crippen LogP contribution in [-0.4, -0.2) is 101 Å². The number of nitrogens with zero attached hydrogens (tertiary/aromatic N) is 5. The zero-order chi connectivity index (χ0) is 33.5. The lowest BCUT2D eigenvalue weighted by Crippen LogP contribution is -2.65. The van der Waals surface area contributed by atoms with Gasteiger partial charge < -0.3 is 5.11 Å². The van der Waals surface area contributed by atoms with E-state index in [9.17, 15) is 64.0 Å². The van der Waals surface area contributed by atoms with E-state index < -0.39 is 75.7 Å². The summed E-state index contributed by atoms with van der Waals surface area (Å²) in [4.78, 5) is 30.1. The summed E-state index contributed by atoms with van der Waals surface area (Å²) in [6.45, 7) is -1.07. The minimum absolute atomic E-state index is 0.194. The van der Waals surface area contributed by atoms with Crippen LogP contribution in [0, 0.1) is 30.3 Å². The second-order valence-electron chi connectivity index (χ2n) is 6.00. The summed E-state index contributed by atoms with van der Waals surface area (Å²) in [6.07, 6.45) is 0. The Morgan fingerprint density at radius 1 is 0.667 bits per heavy atom. The molecular weight excluding hydrogens is 688 g/mol. The van der Waals surface area contributed by atoms with Crippen molar-refractivity contribution in [2.45, 2.75) is 6.04 Å². The Bertz CT molecular complexity index is 1280. The lowest BCUT2D eigenvalue weighted by molar-refractivity contribution is -0.760. The molecule has 1 saturated heterocycles. The highest BCUT2D eigenvalue weighted by molar-refractivity contribution is 7.83. The molecule has 1 aliphatic rings. The third-order valence-electron chi connectivity index (χ3n) is 2.85. The smallest absolute Gasteiger partial charge is 0.425 e. The minimum atomic E-state index is -5.02. The zero-order valence-corrected chi connectivity index (χ0v) is 22.6. The molecule has 1 aromatic rings. The van der Waals surface area contributed by atoms with Gasteiger partial charge in [-0.2, -0.15) is 33.7 Å². The van der Waals surface area contributed by atoms with Crippen molar-refractivity contribution in [1.29, 1.82) is 0 Å². The molecule has 1 fully saturated rings. The number of benzene rings is 1. The van der Waals surface area contributed by atoms with Crippen LogP contribution < -0.4 is 5.53 Å². The first-order chi connectivity index (χ1) is 18.7. The number of phenolic OH excluding ortho intramolecular Hbond substituents is 1. The fourth-order valence-corrected chi connectivity index (χ4v) is 2.70. The number of aromatic hydroxyl groups is 1. The van der Waals surface area contributed by atoms with Gasteiger partial charge in [-0.05, 0) is 27.9 Å². The number of nitrogens with one attached hydrogen (secondary N) is 1. The molecule has 0 aromatic heterocycles. The first-order valence-electron chi connectivity index (χ1n) is 8.85. The van der Waals surface area contributed by atoms with Crippen molar-refractivity contribution in [1.82, 2.24) is 15.8 Å². The Morgan fingerprint density at radius 3 is 1.12 bits per heavy atom. The first-order valence-corrected chi connectivity index (χ1v) is 14.3. The van der Waals surface area contributed by atoms with Crippen LogP contribution in [0.2, 0.25) is 0 Å². The molecule has 0 atom stereocenters. The third kappa shape index (κ3) is 25.2. The van der Waals surface area contributed by atoms with Gasteiger partial charge >= 0.3 is 41.6 Å². The predicted molar refractivity (Wildman–Crippen MR) is 120 cm³/mol. The third-order valence-corrected chi connectivity index (χ3v) is 3.98. The van der Waals surface area contributed by atoms with E-state index in [4.69, 9.17) is 23.3 Å². The summed E-state index contributed by atoms with van der Waals surface area (Å²) in [7, 11) is -20.1. The van der Waals surface area contributed by atoms with Crippen molar-refractivity contribution < 1.29 is 89.3 Å². The second-order valence-corrected chi connectivity index (χ2v) is 9.96. The summed E-state index contributed by atoms with van der Waals surface area (Å²) in [5.74, 6) is 0.322. The van der Waals surface area contributed by atoms with Crippen LogP contribution >= 0.6 is 0 Å². The molecule has 29 nitrogen and oxygen atoms in total. The summed E-state index contributed by atoms with van der Waals surface area (Å²) >= 11 is 0. The van der Waals surface area contributed by atoms with Crippen LogP contribution in [0.3, 0.4) is 0 Å². The van der Waals surface area contributed by atoms with Gasteiger partial charge in [0.2, 0.25) is 0 Å². The molecule has 0 radical (unpaired) electrons. The highest BCUT2D eigenvalue weighted by Gasteiger charge is 2.42. The van der Waals surface area contributed by atoms with Gasteiger partial charge in [0.15, 0.2) is 23.2 Å². The average molecular weight is 705 g/mol. The molecule has 244 valence electrons. The van der Waals surface area contributed by atoms with Gasteiger partial charge in [0, 0.05) is 4.92 Å². The van der Waals surface area contributed by atoms with Crippen molar-refractivity contribution in [2.24, 2.45) is 0 Å². The molecule has 0 bridgehead atoms. The zero-order valence-electron chi connectivity index (χ0n) is 19.3. The summed E-state index contributed by atoms with van der Waals surface area (Å²) in [5.41, 5.74) is 1.80. The van der Waals surface area contributed by atoms with Gasteiger partial charge in [0.1, 0.15) is 5.75 Å². The van der Waals surface area contributed by atoms with Gasteiger partial charge in [-0.1, -0.05) is 35.5 Å². The van der Waals surface area contributed by atoms with Crippen molar-refractivity contribution >= 4 is 41.6 Å². The van der Waals surface area contributed by atoms with Crippen molar-refractivity contribution in [3.63, 3.8) is 0 Å². The molecule has 0 spiro atoms. The molecule has 42 heavy (non-hydrogen) atoms. The molecule has 2 rings (SSSR count). The first kappa shape index (κ1) is 40.4. The van der Waals surface area contributed by atoms with Crippen LogP contribution in [0.4, 0.5) is 0 Å². The maximum absolute atomic E-state index is 10.4. The SMILES string of the molecule is O=S(=O)(O)OOS(=O)(=O)O.O=S(=O)(O)OOS(=O)(=O)O.O=[N+]([O-])C1CN([N+](=O)[O-])NN([N+](=O)[O-])C1.Oc1ccccc1. The summed E-state index contributed by atoms with van der Waals surface area (Å²) in [6, 6.07) is 7.33. The normalized spacial score (nSPS) is 14.1. The van der Waals surface area contributed by atoms with Gasteiger partial charge in [-0.3, -0.25) is 28.3 Å². The second kappa shape index (κ2) is 17.3. The molecule has 33 heteroatoms. The monoisotopic (exact) mass is 704 g/mol. The molecule has 0 amide bonds. The maximum Gasteiger partial charge on any atom is 0.425 e. The number of hydrogen-bond donors (Lipinski definition) is 6. The van der Waals surface area contributed by atoms with E-state index in [1.165, 1.54) is 0 Å². The van der Waals surface area contributed by atoms with Crippen LogP contribution in [0.15, 0.2) is 30.3 Å². The Kier molecular flexibility index (Phi) is 16.6. The number of rotatable bonds is 9. The fourth-order valence-electron chi connectivity index (χ4n) is 1.58. The van der Waals surface area contributed by atoms with Crippen LogP contribution in [0.1, 0.15) is 0 Å². The van der Waals surface area contributed by atoms with Gasteiger partial charge in [0.25, 0.3) is 6.04 Å². The van der Waals surface area contributed by atoms with E-state index in [-0.39, 0.29) is 10.2 Å². The minimum Gasteiger partial charge on any atom is -0.508 e. The van der Waals surface area contributed by atoms with Gasteiger partial charge in [-0.15, -0.1) is 0 Å². The highest BCUT2D eigenvalue weighted by atomic mass is 32.3. The Labute approximate surface area is 232 Å². The standard InChI is InChI=1S/C6H6O.C3H6N6O6.2H2O8S2/c7-6-4-2-1-3-5-6;10-7(11)3-1-5(8(12)13)4-6(2-3)9(14)15;2*1-9(2,3)7-8-10(4,5)6/h1-5,7H;3-4H,1-2H2;2*(H,1,2,3)(H,4,5,6). The van der Waals surface area contributed by atoms with Gasteiger partial charge in [-0.25, -0.2) is 20.2 Å². The molecule has 1 aromatic carbocycles. The Morgan fingerprint density at radius 2 is 0.952 bits per heavy atom. The molecule has 1 aliphatic heterocycles. The van der Waals surface area contributed by atoms with Crippen molar-refractivity contribution in [2.75, 3.05) is 13.1 Å². The predicted octanol–water partition coefficient (Wildman–Crippen LogP) is -3.48. The largest absolute Gasteiger partial charge is 0.508 e. The van der Waals surface area contributed by atoms with Crippen LogP contribution in [-0.2, 0) is 58.9 Å². The van der Waals surface area contributed by atoms with E-state index in [2.05, 4.69) is 17.3 Å².